The van der Waals surface area contributed by atoms with Crippen molar-refractivity contribution >= 4 is 16.9 Å². The van der Waals surface area contributed by atoms with Gasteiger partial charge in [0.15, 0.2) is 0 Å². The molecular formula is C23H27F2N3O. The minimum Gasteiger partial charge on any atom is -0.331 e. The highest BCUT2D eigenvalue weighted by Crippen LogP contribution is 2.21. The smallest absolute Gasteiger partial charge is 0.254 e. The van der Waals surface area contributed by atoms with Crippen molar-refractivity contribution < 1.29 is 13.6 Å². The number of halogens is 2. The Morgan fingerprint density at radius 1 is 1.03 bits per heavy atom. The van der Waals surface area contributed by atoms with Gasteiger partial charge in [0.2, 0.25) is 0 Å². The second-order valence-electron chi connectivity index (χ2n) is 7.26. The summed E-state index contributed by atoms with van der Waals surface area (Å²) >= 11 is 0. The molecule has 1 heterocycles. The molecule has 4 nitrogen and oxygen atoms in total. The van der Waals surface area contributed by atoms with Gasteiger partial charge in [0.1, 0.15) is 17.5 Å². The summed E-state index contributed by atoms with van der Waals surface area (Å²) in [4.78, 5) is 19.5. The highest BCUT2D eigenvalue weighted by atomic mass is 19.1. The van der Waals surface area contributed by atoms with Gasteiger partial charge in [-0.15, -0.1) is 0 Å². The number of carbonyl (C=O) groups excluding carboxylic acids is 1. The number of unbranched alkanes of at least 4 members (excludes halogenated alkanes) is 2. The number of rotatable bonds is 9. The van der Waals surface area contributed by atoms with Crippen LogP contribution >= 0.6 is 0 Å². The van der Waals surface area contributed by atoms with Crippen LogP contribution in [0.4, 0.5) is 8.78 Å². The van der Waals surface area contributed by atoms with E-state index >= 15 is 0 Å². The maximum atomic E-state index is 13.8. The highest BCUT2D eigenvalue weighted by Gasteiger charge is 2.20. The van der Waals surface area contributed by atoms with Crippen LogP contribution in [-0.4, -0.2) is 26.9 Å². The number of hydrogen-bond donors (Lipinski definition) is 0. The summed E-state index contributed by atoms with van der Waals surface area (Å²) in [7, 11) is 0. The Morgan fingerprint density at radius 3 is 2.55 bits per heavy atom. The Hall–Kier alpha value is -2.76. The summed E-state index contributed by atoms with van der Waals surface area (Å²) in [5, 5.41) is 0. The number of fused-ring (bicyclic) bond motifs is 1. The molecule has 1 amide bonds. The van der Waals surface area contributed by atoms with Crippen molar-refractivity contribution in [2.75, 3.05) is 6.54 Å². The molecule has 3 aromatic rings. The molecule has 0 spiro atoms. The fourth-order valence-corrected chi connectivity index (χ4v) is 3.52. The number of carbonyl (C=O) groups is 1. The molecule has 154 valence electrons. The van der Waals surface area contributed by atoms with E-state index in [1.54, 1.807) is 23.1 Å². The second-order valence-corrected chi connectivity index (χ2v) is 7.26. The minimum absolute atomic E-state index is 0.220. The average molecular weight is 399 g/mol. The van der Waals surface area contributed by atoms with Crippen LogP contribution in [0.5, 0.6) is 0 Å². The third-order valence-corrected chi connectivity index (χ3v) is 4.96. The predicted molar refractivity (Wildman–Crippen MR) is 111 cm³/mol. The molecule has 0 aliphatic rings. The van der Waals surface area contributed by atoms with E-state index in [1.165, 1.54) is 24.3 Å². The molecule has 1 aromatic heterocycles. The van der Waals surface area contributed by atoms with Gasteiger partial charge in [-0.25, -0.2) is 13.8 Å². The first kappa shape index (κ1) is 21.0. The molecule has 0 saturated heterocycles. The number of nitrogens with zero attached hydrogens (tertiary/aromatic N) is 3. The van der Waals surface area contributed by atoms with E-state index in [9.17, 15) is 13.6 Å². The van der Waals surface area contributed by atoms with Crippen LogP contribution in [0.1, 0.15) is 55.7 Å². The van der Waals surface area contributed by atoms with E-state index in [4.69, 9.17) is 0 Å². The van der Waals surface area contributed by atoms with Crippen molar-refractivity contribution in [1.82, 2.24) is 14.5 Å². The maximum Gasteiger partial charge on any atom is 0.254 e. The van der Waals surface area contributed by atoms with Crippen LogP contribution < -0.4 is 0 Å². The number of imidazole rings is 1. The fourth-order valence-electron chi connectivity index (χ4n) is 3.52. The van der Waals surface area contributed by atoms with Gasteiger partial charge in [-0.2, -0.15) is 0 Å². The van der Waals surface area contributed by atoms with Crippen LogP contribution in [0.3, 0.4) is 0 Å². The number of benzene rings is 2. The van der Waals surface area contributed by atoms with Crippen LogP contribution in [-0.2, 0) is 13.1 Å². The van der Waals surface area contributed by atoms with E-state index in [2.05, 4.69) is 11.9 Å². The Morgan fingerprint density at radius 2 is 1.83 bits per heavy atom. The van der Waals surface area contributed by atoms with Gasteiger partial charge < -0.3 is 9.47 Å². The molecule has 0 aliphatic carbocycles. The summed E-state index contributed by atoms with van der Waals surface area (Å²) in [5.41, 5.74) is 1.76. The van der Waals surface area contributed by atoms with Crippen molar-refractivity contribution in [3.8, 4) is 0 Å². The first-order valence-electron chi connectivity index (χ1n) is 10.2. The zero-order chi connectivity index (χ0) is 20.8. The summed E-state index contributed by atoms with van der Waals surface area (Å²) in [6, 6.07) is 10.3. The monoisotopic (exact) mass is 399 g/mol. The van der Waals surface area contributed by atoms with Crippen molar-refractivity contribution in [2.45, 2.75) is 52.6 Å². The van der Waals surface area contributed by atoms with Crippen molar-refractivity contribution in [1.29, 1.82) is 0 Å². The standard InChI is InChI=1S/C23H27F2N3O/c1-3-5-6-13-27(23(29)17-8-7-9-18(24)14-17)16-22-26-20-11-10-19(25)15-21(20)28(22)12-4-2/h7-11,14-15H,3-6,12-13,16H2,1-2H3. The van der Waals surface area contributed by atoms with Gasteiger partial charge >= 0.3 is 0 Å². The van der Waals surface area contributed by atoms with E-state index in [1.807, 2.05) is 11.5 Å². The Labute approximate surface area is 170 Å². The zero-order valence-corrected chi connectivity index (χ0v) is 17.0. The number of amides is 1. The Kier molecular flexibility index (Phi) is 6.96. The van der Waals surface area contributed by atoms with Crippen LogP contribution in [0.2, 0.25) is 0 Å². The Balaban J connectivity index is 1.94. The van der Waals surface area contributed by atoms with Crippen molar-refractivity contribution in [3.05, 3.63) is 65.5 Å². The number of aromatic nitrogens is 2. The van der Waals surface area contributed by atoms with Gasteiger partial charge in [-0.3, -0.25) is 4.79 Å². The zero-order valence-electron chi connectivity index (χ0n) is 17.0. The van der Waals surface area contributed by atoms with Gasteiger partial charge in [-0.1, -0.05) is 32.8 Å². The molecule has 0 unspecified atom stereocenters. The van der Waals surface area contributed by atoms with Crippen LogP contribution in [0.25, 0.3) is 11.0 Å². The third kappa shape index (κ3) is 5.00. The van der Waals surface area contributed by atoms with Gasteiger partial charge in [0, 0.05) is 18.7 Å². The van der Waals surface area contributed by atoms with Gasteiger partial charge in [-0.05, 0) is 49.2 Å². The molecule has 0 aliphatic heterocycles. The van der Waals surface area contributed by atoms with E-state index in [-0.39, 0.29) is 11.7 Å². The summed E-state index contributed by atoms with van der Waals surface area (Å²) in [6.07, 6.45) is 3.77. The van der Waals surface area contributed by atoms with Crippen molar-refractivity contribution in [2.24, 2.45) is 0 Å². The largest absolute Gasteiger partial charge is 0.331 e. The normalized spacial score (nSPS) is 11.2. The molecule has 3 rings (SSSR count). The van der Waals surface area contributed by atoms with E-state index in [0.717, 1.165) is 31.2 Å². The quantitative estimate of drug-likeness (QED) is 0.442. The lowest BCUT2D eigenvalue weighted by Crippen LogP contribution is -2.32. The molecule has 0 N–H and O–H groups in total. The topological polar surface area (TPSA) is 38.1 Å². The summed E-state index contributed by atoms with van der Waals surface area (Å²) in [5.74, 6) is -0.245. The molecule has 2 aromatic carbocycles. The molecule has 0 atom stereocenters. The van der Waals surface area contributed by atoms with Crippen LogP contribution in [0, 0.1) is 11.6 Å². The number of aryl methyl sites for hydroxylation is 1. The minimum atomic E-state index is -0.432. The lowest BCUT2D eigenvalue weighted by atomic mass is 10.1. The Bertz CT molecular complexity index is 983. The molecule has 0 fully saturated rings. The third-order valence-electron chi connectivity index (χ3n) is 4.96. The van der Waals surface area contributed by atoms with E-state index in [0.29, 0.717) is 36.5 Å². The SMILES string of the molecule is CCCCCN(Cc1nc2ccc(F)cc2n1CCC)C(=O)c1cccc(F)c1. The molecule has 0 bridgehead atoms. The van der Waals surface area contributed by atoms with Gasteiger partial charge in [0.05, 0.1) is 17.6 Å². The first-order chi connectivity index (χ1) is 14.0. The number of hydrogen-bond acceptors (Lipinski definition) is 2. The lowest BCUT2D eigenvalue weighted by molar-refractivity contribution is 0.0733. The first-order valence-corrected chi connectivity index (χ1v) is 10.2. The van der Waals surface area contributed by atoms with Crippen LogP contribution in [0.15, 0.2) is 42.5 Å². The molecule has 0 radical (unpaired) electrons. The summed E-state index contributed by atoms with van der Waals surface area (Å²) in [6.45, 7) is 5.70. The second kappa shape index (κ2) is 9.63. The highest BCUT2D eigenvalue weighted by molar-refractivity contribution is 5.94. The maximum absolute atomic E-state index is 13.8. The predicted octanol–water partition coefficient (Wildman–Crippen LogP) is 5.56. The summed E-state index contributed by atoms with van der Waals surface area (Å²) < 4.78 is 29.4. The molecular weight excluding hydrogens is 372 g/mol. The van der Waals surface area contributed by atoms with Gasteiger partial charge in [0.25, 0.3) is 5.91 Å². The average Bonchev–Trinajstić information content (AvgIpc) is 3.03. The molecule has 6 heteroatoms. The fraction of sp³-hybridized carbons (Fsp3) is 0.391. The van der Waals surface area contributed by atoms with Crippen molar-refractivity contribution in [3.63, 3.8) is 0 Å². The van der Waals surface area contributed by atoms with E-state index < -0.39 is 5.82 Å². The lowest BCUT2D eigenvalue weighted by Gasteiger charge is -2.23. The molecule has 29 heavy (non-hydrogen) atoms. The molecule has 0 saturated carbocycles.